The zero-order valence-electron chi connectivity index (χ0n) is 40.5. The van der Waals surface area contributed by atoms with Crippen LogP contribution in [0, 0.1) is 17.3 Å². The van der Waals surface area contributed by atoms with E-state index in [1.165, 1.54) is 34.1 Å². The Kier molecular flexibility index (Phi) is 15.9. The molecule has 3 fully saturated rings. The van der Waals surface area contributed by atoms with Gasteiger partial charge in [0.1, 0.15) is 18.6 Å². The number of likely N-dealkylation sites (tertiary alicyclic amines) is 2. The number of carbonyl (C=O) groups excluding carboxylic acids is 4. The highest BCUT2D eigenvalue weighted by atomic mass is 32.1. The Balaban J connectivity index is 1.17. The third kappa shape index (κ3) is 12.1. The molecule has 15 nitrogen and oxygen atoms in total. The Morgan fingerprint density at radius 2 is 1.93 bits per heavy atom. The summed E-state index contributed by atoms with van der Waals surface area (Å²) in [4.78, 5) is 67.6. The number of nitrogens with one attached hydrogen (secondary N) is 2. The van der Waals surface area contributed by atoms with Crippen LogP contribution in [0.15, 0.2) is 46.9 Å². The van der Waals surface area contributed by atoms with Crippen LogP contribution in [0.3, 0.4) is 0 Å². The quantitative estimate of drug-likeness (QED) is 0.0940. The first-order chi connectivity index (χ1) is 32.7. The Labute approximate surface area is 405 Å². The van der Waals surface area contributed by atoms with Gasteiger partial charge in [0, 0.05) is 91.7 Å². The summed E-state index contributed by atoms with van der Waals surface area (Å²) in [7, 11) is 1.50. The van der Waals surface area contributed by atoms with Gasteiger partial charge < -0.3 is 29.0 Å². The molecule has 7 rings (SSSR count). The van der Waals surface area contributed by atoms with Gasteiger partial charge in [-0.3, -0.25) is 34.1 Å². The van der Waals surface area contributed by atoms with Crippen LogP contribution in [-0.4, -0.2) is 143 Å². The molecule has 3 atom stereocenters. The summed E-state index contributed by atoms with van der Waals surface area (Å²) in [6, 6.07) is 3.22. The number of benzene rings is 1. The number of fused-ring (bicyclic) bond motifs is 6. The summed E-state index contributed by atoms with van der Waals surface area (Å²) in [6.07, 6.45) is -0.289. The van der Waals surface area contributed by atoms with Crippen molar-refractivity contribution in [3.63, 3.8) is 0 Å². The number of nitrogens with zero attached hydrogens (tertiary/aromatic N) is 6. The first kappa shape index (κ1) is 51.5. The van der Waals surface area contributed by atoms with E-state index in [1.54, 1.807) is 37.1 Å². The predicted octanol–water partition coefficient (Wildman–Crippen LogP) is 6.10. The molecule has 0 aliphatic carbocycles. The van der Waals surface area contributed by atoms with Crippen LogP contribution in [0.1, 0.15) is 83.5 Å². The third-order valence-corrected chi connectivity index (χ3v) is 13.9. The average Bonchev–Trinajstić information content (AvgIpc) is 3.84. The molecule has 2 aromatic heterocycles. The maximum atomic E-state index is 14.6. The molecule has 6 bridgehead atoms. The largest absolute Gasteiger partial charge is 0.464 e. The van der Waals surface area contributed by atoms with E-state index < -0.39 is 54.1 Å². The van der Waals surface area contributed by atoms with Crippen molar-refractivity contribution in [1.29, 1.82) is 0 Å². The molecule has 0 spiro atoms. The molecule has 19 heteroatoms. The van der Waals surface area contributed by atoms with Gasteiger partial charge in [-0.25, -0.2) is 10.4 Å². The second-order valence-electron chi connectivity index (χ2n) is 19.3. The number of carbonyl (C=O) groups is 4. The number of hydrogen-bond acceptors (Lipinski definition) is 12. The van der Waals surface area contributed by atoms with Gasteiger partial charge in [-0.15, -0.1) is 11.3 Å². The molecule has 3 amide bonds. The molecule has 0 saturated carbocycles. The molecule has 0 radical (unpaired) electrons. The molecule has 0 unspecified atom stereocenters. The van der Waals surface area contributed by atoms with Crippen molar-refractivity contribution in [2.75, 3.05) is 53.0 Å². The standard InChI is InChI=1S/C50H63F3N8O7S/c1-9-34(44(54-10-2)31(3)66-8)45-36-25-48(4,5)30-68-47(65)37-13-11-21-61(57-37)46(64)38(24-42-56-39(28-69-42)32-14-15-40(35(36)23-32)60(45)29-50(51,52)53)55-41(62)17-22-67-33-26-58(27-33)43(63)16-18-49(6,7)59-19-12-20-59/h9-10,14-15,23,28,31,33,37-38,57H,1,11-13,17,19-22,24-27,29-30H2,2-8H3,(H,55,62)/b44-34+,54-10-/t31-,37-,38-/m0/s1. The minimum Gasteiger partial charge on any atom is -0.464 e. The number of aliphatic imine (C=N–C) groups is 1. The highest BCUT2D eigenvalue weighted by Crippen LogP contribution is 2.41. The molecule has 4 aliphatic rings. The molecular weight excluding hydrogens is 914 g/mol. The molecule has 372 valence electrons. The minimum absolute atomic E-state index is 0.0123. The molecule has 1 aromatic carbocycles. The first-order valence-corrected chi connectivity index (χ1v) is 24.4. The maximum Gasteiger partial charge on any atom is 0.406 e. The lowest BCUT2D eigenvalue weighted by Gasteiger charge is -2.41. The number of cyclic esters (lactones) is 1. The van der Waals surface area contributed by atoms with E-state index in [1.807, 2.05) is 39.1 Å². The number of thiazole rings is 1. The van der Waals surface area contributed by atoms with E-state index in [4.69, 9.17) is 19.2 Å². The predicted molar refractivity (Wildman–Crippen MR) is 258 cm³/mol. The number of amides is 3. The highest BCUT2D eigenvalue weighted by Gasteiger charge is 2.38. The zero-order chi connectivity index (χ0) is 49.8. The van der Waals surface area contributed by atoms with Crippen LogP contribution < -0.4 is 10.7 Å². The lowest BCUT2D eigenvalue weighted by atomic mass is 9.84. The molecule has 3 aromatic rings. The number of hydrogen-bond donors (Lipinski definition) is 2. The topological polar surface area (TPSA) is 160 Å². The number of ether oxygens (including phenoxy) is 3. The summed E-state index contributed by atoms with van der Waals surface area (Å²) >= 11 is 1.28. The van der Waals surface area contributed by atoms with Gasteiger partial charge in [0.2, 0.25) is 5.91 Å². The molecule has 69 heavy (non-hydrogen) atoms. The second kappa shape index (κ2) is 21.3. The summed E-state index contributed by atoms with van der Waals surface area (Å²) in [6.45, 7) is 16.9. The van der Waals surface area contributed by atoms with E-state index >= 15 is 0 Å². The normalized spacial score (nSPS) is 21.4. The molecular formula is C50H63F3N8O7S. The molecule has 6 heterocycles. The monoisotopic (exact) mass is 976 g/mol. The van der Waals surface area contributed by atoms with Crippen molar-refractivity contribution in [2.45, 2.75) is 123 Å². The fourth-order valence-corrected chi connectivity index (χ4v) is 9.88. The van der Waals surface area contributed by atoms with Crippen LogP contribution in [-0.2, 0) is 52.8 Å². The van der Waals surface area contributed by atoms with Gasteiger partial charge in [0.25, 0.3) is 11.8 Å². The number of halogens is 3. The van der Waals surface area contributed by atoms with Crippen LogP contribution in [0.4, 0.5) is 13.2 Å². The zero-order valence-corrected chi connectivity index (χ0v) is 41.3. The summed E-state index contributed by atoms with van der Waals surface area (Å²) in [5.74, 6) is 4.12. The van der Waals surface area contributed by atoms with E-state index in [0.29, 0.717) is 69.9 Å². The number of esters is 1. The van der Waals surface area contributed by atoms with Crippen molar-refractivity contribution in [3.8, 4) is 23.1 Å². The summed E-state index contributed by atoms with van der Waals surface area (Å²) < 4.78 is 62.7. The van der Waals surface area contributed by atoms with E-state index in [0.717, 1.165) is 19.5 Å². The van der Waals surface area contributed by atoms with Gasteiger partial charge in [0.15, 0.2) is 0 Å². The van der Waals surface area contributed by atoms with Gasteiger partial charge >= 0.3 is 12.1 Å². The summed E-state index contributed by atoms with van der Waals surface area (Å²) in [5.41, 5.74) is 4.93. The van der Waals surface area contributed by atoms with Crippen molar-refractivity contribution in [2.24, 2.45) is 10.4 Å². The summed E-state index contributed by atoms with van der Waals surface area (Å²) in [5, 5.41) is 7.10. The Hall–Kier alpha value is -5.39. The van der Waals surface area contributed by atoms with Crippen molar-refractivity contribution >= 4 is 57.7 Å². The van der Waals surface area contributed by atoms with Crippen LogP contribution in [0.5, 0.6) is 0 Å². The highest BCUT2D eigenvalue weighted by molar-refractivity contribution is 7.10. The van der Waals surface area contributed by atoms with Crippen molar-refractivity contribution in [3.05, 3.63) is 58.2 Å². The smallest absolute Gasteiger partial charge is 0.406 e. The number of aromatic nitrogens is 2. The Bertz CT molecular complexity index is 2560. The van der Waals surface area contributed by atoms with E-state index in [-0.39, 0.29) is 62.3 Å². The average molecular weight is 977 g/mol. The maximum absolute atomic E-state index is 14.6. The van der Waals surface area contributed by atoms with Gasteiger partial charge in [-0.2, -0.15) is 13.2 Å². The third-order valence-electron chi connectivity index (χ3n) is 13.0. The number of allylic oxidation sites excluding steroid dienone is 2. The van der Waals surface area contributed by atoms with Gasteiger partial charge in [0.05, 0.1) is 53.1 Å². The lowest BCUT2D eigenvalue weighted by Crippen LogP contribution is -2.60. The fourth-order valence-electron chi connectivity index (χ4n) is 9.03. The minimum atomic E-state index is -4.61. The Morgan fingerprint density at radius 1 is 1.17 bits per heavy atom. The molecule has 3 saturated heterocycles. The number of methoxy groups -OCH3 is 1. The fraction of sp³-hybridized carbons (Fsp3) is 0.560. The first-order valence-electron chi connectivity index (χ1n) is 23.5. The van der Waals surface area contributed by atoms with E-state index in [9.17, 15) is 32.3 Å². The molecule has 4 aliphatic heterocycles. The SMILES string of the molecule is C=C/C(=C(\N=C/C)[C@H](C)OC)c1c2c3cc(ccc3n1CC(F)(F)F)-c1csc(n1)C[C@H](NC(=O)CCOC1CN(C(=O)C#CC(C)(C)N3CCC3)C1)C(=O)N1CCC[C@H](N1)C(=O)OCC(C)(C)C2. The molecule has 2 N–H and O–H groups in total. The number of alkyl halides is 3. The van der Waals surface area contributed by atoms with Crippen LogP contribution >= 0.6 is 11.3 Å². The van der Waals surface area contributed by atoms with Gasteiger partial charge in [-0.1, -0.05) is 38.5 Å². The van der Waals surface area contributed by atoms with Crippen LogP contribution in [0.25, 0.3) is 27.7 Å². The van der Waals surface area contributed by atoms with Crippen molar-refractivity contribution in [1.82, 2.24) is 35.1 Å². The van der Waals surface area contributed by atoms with Crippen molar-refractivity contribution < 1.29 is 46.6 Å². The number of rotatable bonds is 12. The van der Waals surface area contributed by atoms with Gasteiger partial charge in [-0.05, 0) is 77.0 Å². The van der Waals surface area contributed by atoms with Crippen LogP contribution in [0.2, 0.25) is 0 Å². The Morgan fingerprint density at radius 3 is 2.59 bits per heavy atom. The van der Waals surface area contributed by atoms with E-state index in [2.05, 4.69) is 39.1 Å². The number of hydrazine groups is 1. The lowest BCUT2D eigenvalue weighted by molar-refractivity contribution is -0.155. The second-order valence-corrected chi connectivity index (χ2v) is 20.3.